The molecule has 2 rings (SSSR count). The maximum Gasteiger partial charge on any atom is 0.315 e. The molecule has 0 amide bonds. The Bertz CT molecular complexity index is 671. The lowest BCUT2D eigenvalue weighted by atomic mass is 10.2. The molecule has 4 nitrogen and oxygen atoms in total. The van der Waals surface area contributed by atoms with E-state index in [0.717, 1.165) is 11.3 Å². The second-order valence-electron chi connectivity index (χ2n) is 3.55. The summed E-state index contributed by atoms with van der Waals surface area (Å²) in [5.74, 6) is 4.45. The number of imidazole rings is 1. The molecule has 0 saturated carbocycles. The Morgan fingerprint density at radius 2 is 2.11 bits per heavy atom. The molecule has 1 aromatic carbocycles. The van der Waals surface area contributed by atoms with Gasteiger partial charge in [0, 0.05) is 23.6 Å². The Morgan fingerprint density at radius 1 is 1.39 bits per heavy atom. The molecule has 0 aliphatic heterocycles. The summed E-state index contributed by atoms with van der Waals surface area (Å²) in [6.45, 7) is 0. The van der Waals surface area contributed by atoms with Crippen molar-refractivity contribution in [1.82, 2.24) is 9.55 Å². The lowest BCUT2D eigenvalue weighted by Crippen LogP contribution is -1.92. The molecule has 0 atom stereocenters. The molecule has 0 radical (unpaired) electrons. The molecule has 0 aliphatic rings. The predicted molar refractivity (Wildman–Crippen MR) is 70.1 cm³/mol. The Hall–Kier alpha value is -2.32. The minimum atomic E-state index is -0.919. The standard InChI is InChI=1S/C13H10N2O2S/c16-12(17)3-1-2-10-4-6-11(7-5-10)15-9-8-14-13(15)18/h4-9H,3H2,(H,14,18)(H,16,17). The van der Waals surface area contributed by atoms with Gasteiger partial charge in [0.2, 0.25) is 0 Å². The van der Waals surface area contributed by atoms with Gasteiger partial charge in [-0.3, -0.25) is 9.36 Å². The van der Waals surface area contributed by atoms with E-state index >= 15 is 0 Å². The van der Waals surface area contributed by atoms with E-state index in [1.54, 1.807) is 6.20 Å². The second-order valence-corrected chi connectivity index (χ2v) is 3.94. The number of carbonyl (C=O) groups is 1. The first-order valence-electron chi connectivity index (χ1n) is 5.24. The third-order valence-electron chi connectivity index (χ3n) is 2.27. The summed E-state index contributed by atoms with van der Waals surface area (Å²) in [4.78, 5) is 13.2. The molecule has 0 spiro atoms. The highest BCUT2D eigenvalue weighted by atomic mass is 32.1. The van der Waals surface area contributed by atoms with Gasteiger partial charge in [-0.05, 0) is 36.5 Å². The summed E-state index contributed by atoms with van der Waals surface area (Å²) in [5, 5.41) is 8.47. The normalized spacial score (nSPS) is 9.56. The second kappa shape index (κ2) is 5.34. The van der Waals surface area contributed by atoms with Gasteiger partial charge >= 0.3 is 5.97 Å². The topological polar surface area (TPSA) is 58.0 Å². The summed E-state index contributed by atoms with van der Waals surface area (Å²) in [7, 11) is 0. The van der Waals surface area contributed by atoms with E-state index in [4.69, 9.17) is 17.3 Å². The van der Waals surface area contributed by atoms with Crippen LogP contribution in [0.5, 0.6) is 0 Å². The van der Waals surface area contributed by atoms with Crippen molar-refractivity contribution in [3.8, 4) is 17.5 Å². The summed E-state index contributed by atoms with van der Waals surface area (Å²) >= 11 is 5.11. The van der Waals surface area contributed by atoms with Gasteiger partial charge in [0.05, 0.1) is 0 Å². The van der Waals surface area contributed by atoms with Crippen LogP contribution in [0.2, 0.25) is 0 Å². The number of aromatic nitrogens is 2. The number of hydrogen-bond donors (Lipinski definition) is 2. The molecule has 2 aromatic rings. The highest BCUT2D eigenvalue weighted by Crippen LogP contribution is 2.09. The monoisotopic (exact) mass is 258 g/mol. The molecule has 0 unspecified atom stereocenters. The predicted octanol–water partition coefficient (Wildman–Crippen LogP) is 2.36. The fourth-order valence-corrected chi connectivity index (χ4v) is 1.69. The zero-order chi connectivity index (χ0) is 13.0. The van der Waals surface area contributed by atoms with E-state index in [9.17, 15) is 4.79 Å². The number of aromatic amines is 1. The van der Waals surface area contributed by atoms with E-state index in [2.05, 4.69) is 16.8 Å². The molecular weight excluding hydrogens is 248 g/mol. The van der Waals surface area contributed by atoms with E-state index in [0.29, 0.717) is 4.77 Å². The Balaban J connectivity index is 2.20. The lowest BCUT2D eigenvalue weighted by molar-refractivity contribution is -0.135. The van der Waals surface area contributed by atoms with Gasteiger partial charge in [-0.15, -0.1) is 0 Å². The number of nitrogens with one attached hydrogen (secondary N) is 1. The molecule has 1 aromatic heterocycles. The fourth-order valence-electron chi connectivity index (χ4n) is 1.45. The van der Waals surface area contributed by atoms with Crippen LogP contribution >= 0.6 is 12.2 Å². The van der Waals surface area contributed by atoms with Crippen LogP contribution in [-0.4, -0.2) is 20.6 Å². The lowest BCUT2D eigenvalue weighted by Gasteiger charge is -2.01. The number of aliphatic carboxylic acids is 1. The van der Waals surface area contributed by atoms with Gasteiger partial charge in [-0.1, -0.05) is 11.8 Å². The van der Waals surface area contributed by atoms with Crippen LogP contribution in [0.1, 0.15) is 12.0 Å². The SMILES string of the molecule is O=C(O)CC#Cc1ccc(-n2cc[nH]c2=S)cc1. The first-order valence-corrected chi connectivity index (χ1v) is 5.65. The summed E-state index contributed by atoms with van der Waals surface area (Å²) in [6, 6.07) is 7.43. The molecule has 0 bridgehead atoms. The van der Waals surface area contributed by atoms with E-state index in [1.165, 1.54) is 0 Å². The maximum absolute atomic E-state index is 10.3. The van der Waals surface area contributed by atoms with Crippen molar-refractivity contribution in [3.05, 3.63) is 47.0 Å². The van der Waals surface area contributed by atoms with Crippen molar-refractivity contribution in [2.24, 2.45) is 0 Å². The first kappa shape index (κ1) is 12.1. The number of rotatable bonds is 2. The highest BCUT2D eigenvalue weighted by Gasteiger charge is 1.97. The van der Waals surface area contributed by atoms with Gasteiger partial charge in [-0.25, -0.2) is 0 Å². The minimum absolute atomic E-state index is 0.148. The average molecular weight is 258 g/mol. The third kappa shape index (κ3) is 2.87. The Labute approximate surface area is 109 Å². The van der Waals surface area contributed by atoms with Crippen LogP contribution in [0, 0.1) is 16.6 Å². The van der Waals surface area contributed by atoms with Crippen molar-refractivity contribution in [2.45, 2.75) is 6.42 Å². The van der Waals surface area contributed by atoms with Gasteiger partial charge in [0.1, 0.15) is 6.42 Å². The summed E-state index contributed by atoms with van der Waals surface area (Å²) in [6.07, 6.45) is 3.46. The average Bonchev–Trinajstić information content (AvgIpc) is 2.76. The molecule has 2 N–H and O–H groups in total. The zero-order valence-corrected chi connectivity index (χ0v) is 10.2. The smallest absolute Gasteiger partial charge is 0.315 e. The number of carboxylic acid groups (broad SMARTS) is 1. The molecular formula is C13H10N2O2S. The summed E-state index contributed by atoms with van der Waals surface area (Å²) in [5.41, 5.74) is 1.71. The number of carboxylic acids is 1. The van der Waals surface area contributed by atoms with Crippen LogP contribution in [0.15, 0.2) is 36.7 Å². The third-order valence-corrected chi connectivity index (χ3v) is 2.58. The number of H-pyrrole nitrogens is 1. The van der Waals surface area contributed by atoms with E-state index in [-0.39, 0.29) is 6.42 Å². The Kier molecular flexibility index (Phi) is 3.60. The van der Waals surface area contributed by atoms with Crippen molar-refractivity contribution in [2.75, 3.05) is 0 Å². The molecule has 90 valence electrons. The van der Waals surface area contributed by atoms with E-state index < -0.39 is 5.97 Å². The quantitative estimate of drug-likeness (QED) is 0.642. The van der Waals surface area contributed by atoms with Crippen molar-refractivity contribution < 1.29 is 9.90 Å². The molecule has 5 heteroatoms. The summed E-state index contributed by atoms with van der Waals surface area (Å²) < 4.78 is 2.46. The molecule has 0 saturated heterocycles. The number of benzene rings is 1. The Morgan fingerprint density at radius 3 is 2.67 bits per heavy atom. The number of hydrogen-bond acceptors (Lipinski definition) is 2. The zero-order valence-electron chi connectivity index (χ0n) is 9.38. The van der Waals surface area contributed by atoms with Crippen molar-refractivity contribution in [3.63, 3.8) is 0 Å². The van der Waals surface area contributed by atoms with E-state index in [1.807, 2.05) is 35.0 Å². The van der Waals surface area contributed by atoms with Crippen LogP contribution in [0.4, 0.5) is 0 Å². The highest BCUT2D eigenvalue weighted by molar-refractivity contribution is 7.71. The molecule has 1 heterocycles. The van der Waals surface area contributed by atoms with Gasteiger partial charge in [-0.2, -0.15) is 0 Å². The van der Waals surface area contributed by atoms with Crippen molar-refractivity contribution >= 4 is 18.2 Å². The van der Waals surface area contributed by atoms with Gasteiger partial charge < -0.3 is 10.1 Å². The number of nitrogens with zero attached hydrogens (tertiary/aromatic N) is 1. The molecule has 0 fully saturated rings. The minimum Gasteiger partial charge on any atom is -0.481 e. The van der Waals surface area contributed by atoms with Gasteiger partial charge in [0.15, 0.2) is 4.77 Å². The molecule has 18 heavy (non-hydrogen) atoms. The van der Waals surface area contributed by atoms with Gasteiger partial charge in [0.25, 0.3) is 0 Å². The van der Waals surface area contributed by atoms with Crippen LogP contribution in [0.25, 0.3) is 5.69 Å². The van der Waals surface area contributed by atoms with Crippen LogP contribution in [-0.2, 0) is 4.79 Å². The van der Waals surface area contributed by atoms with Crippen LogP contribution in [0.3, 0.4) is 0 Å². The van der Waals surface area contributed by atoms with Crippen molar-refractivity contribution in [1.29, 1.82) is 0 Å². The van der Waals surface area contributed by atoms with Crippen LogP contribution < -0.4 is 0 Å². The molecule has 0 aliphatic carbocycles. The maximum atomic E-state index is 10.3. The largest absolute Gasteiger partial charge is 0.481 e. The first-order chi connectivity index (χ1) is 8.66. The fraction of sp³-hybridized carbons (Fsp3) is 0.0769.